The third-order valence-electron chi connectivity index (χ3n) is 20.3. The average molecular weight is 1310 g/mol. The third kappa shape index (κ3) is 21.1. The van der Waals surface area contributed by atoms with Gasteiger partial charge >= 0.3 is 0 Å². The fourth-order valence-corrected chi connectivity index (χ4v) is 18.4. The minimum atomic E-state index is 0.485. The Morgan fingerprint density at radius 1 is 0.333 bits per heavy atom. The summed E-state index contributed by atoms with van der Waals surface area (Å²) < 4.78 is 2.83. The molecule has 502 valence electrons. The summed E-state index contributed by atoms with van der Waals surface area (Å²) in [6.07, 6.45) is 54.3. The van der Waals surface area contributed by atoms with Gasteiger partial charge in [-0.1, -0.05) is 326 Å². The van der Waals surface area contributed by atoms with E-state index in [1.807, 2.05) is 34.0 Å². The number of para-hydroxylation sites is 1. The van der Waals surface area contributed by atoms with Gasteiger partial charge in [-0.05, 0) is 122 Å². The summed E-state index contributed by atoms with van der Waals surface area (Å²) in [5, 5.41) is 5.16. The molecular weight excluding hydrogens is 1180 g/mol. The zero-order valence-electron chi connectivity index (χ0n) is 59.2. The van der Waals surface area contributed by atoms with Crippen molar-refractivity contribution in [3.8, 4) is 52.5 Å². The van der Waals surface area contributed by atoms with Crippen LogP contribution in [0.2, 0.25) is 0 Å². The van der Waals surface area contributed by atoms with Crippen molar-refractivity contribution in [2.24, 2.45) is 0 Å². The standard InChI is InChI=1S/C87H121N3S3/c1-7-13-19-25-31-37-45-67-53-57-69(58-54-67)80-81(70-59-55-68(56-60-70)46-38-32-26-20-14-8-2)89-83-82(88-80)86(84-71(63-64-91-84)47-39-33-27-21-15-9-3)93-87(83)85-73(48-40-34-28-22-16-10-4)66-79(92-85)72-61-62-76-75-51-43-44-52-77(75)90(78(76)65-72)74(49-41-35-29-23-17-11-5)50-42-36-30-24-18-12-6/h43-44,51-66,74H,7-42,45-50H2,1-6H3. The van der Waals surface area contributed by atoms with Crippen LogP contribution in [-0.4, -0.2) is 14.5 Å². The molecule has 93 heavy (non-hydrogen) atoms. The van der Waals surface area contributed by atoms with Crippen molar-refractivity contribution in [2.45, 2.75) is 317 Å². The Bertz CT molecular complexity index is 3520. The monoisotopic (exact) mass is 1300 g/mol. The predicted molar refractivity (Wildman–Crippen MR) is 417 cm³/mol. The molecule has 3 nitrogen and oxygen atoms in total. The summed E-state index contributed by atoms with van der Waals surface area (Å²) in [6, 6.07) is 41.6. The summed E-state index contributed by atoms with van der Waals surface area (Å²) in [5.74, 6) is 0. The van der Waals surface area contributed by atoms with Crippen molar-refractivity contribution in [2.75, 3.05) is 0 Å². The SMILES string of the molecule is CCCCCCCCc1ccc(-c2nc3c(-c4sccc4CCCCCCCC)sc(-c4sc(-c5ccc6c7ccccc7n(C(CCCCCCCC)CCCCCCCC)c6c5)cc4CCCCCCCC)c3nc2-c2ccc(CCCCCCCC)cc2)cc1. The first-order valence-electron chi connectivity index (χ1n) is 38.7. The number of aromatic nitrogens is 3. The highest BCUT2D eigenvalue weighted by Gasteiger charge is 2.27. The second-order valence-electron chi connectivity index (χ2n) is 28.0. The molecule has 0 aliphatic rings. The Morgan fingerprint density at radius 3 is 1.24 bits per heavy atom. The van der Waals surface area contributed by atoms with Crippen LogP contribution in [0.1, 0.15) is 314 Å². The maximum Gasteiger partial charge on any atom is 0.110 e. The van der Waals surface area contributed by atoms with Gasteiger partial charge in [0.2, 0.25) is 0 Å². The number of unbranched alkanes of at least 4 members (excludes halogenated alkanes) is 30. The lowest BCUT2D eigenvalue weighted by Gasteiger charge is -2.22. The van der Waals surface area contributed by atoms with E-state index in [4.69, 9.17) is 9.97 Å². The Labute approximate surface area is 577 Å². The first kappa shape index (κ1) is 72.4. The zero-order chi connectivity index (χ0) is 64.7. The van der Waals surface area contributed by atoms with Crippen LogP contribution in [0.25, 0.3) is 85.3 Å². The van der Waals surface area contributed by atoms with Crippen molar-refractivity contribution in [3.05, 3.63) is 131 Å². The average Bonchev–Trinajstić information content (AvgIpc) is 1.61. The molecule has 0 amide bonds. The molecule has 5 heterocycles. The zero-order valence-corrected chi connectivity index (χ0v) is 61.7. The maximum atomic E-state index is 6.10. The molecular formula is C87H121N3S3. The predicted octanol–water partition coefficient (Wildman–Crippen LogP) is 29.9. The molecule has 0 atom stereocenters. The molecule has 9 rings (SSSR count). The molecule has 0 saturated heterocycles. The molecule has 0 saturated carbocycles. The number of fused-ring (bicyclic) bond motifs is 4. The molecule has 4 aromatic carbocycles. The van der Waals surface area contributed by atoms with Gasteiger partial charge in [0.25, 0.3) is 0 Å². The number of hydrogen-bond acceptors (Lipinski definition) is 5. The molecule has 0 N–H and O–H groups in total. The van der Waals surface area contributed by atoms with Crippen LogP contribution in [0, 0.1) is 0 Å². The first-order valence-corrected chi connectivity index (χ1v) is 41.2. The number of nitrogens with zero attached hydrogens (tertiary/aromatic N) is 3. The van der Waals surface area contributed by atoms with E-state index >= 15 is 0 Å². The lowest BCUT2D eigenvalue weighted by atomic mass is 9.98. The van der Waals surface area contributed by atoms with E-state index in [0.717, 1.165) is 59.2 Å². The van der Waals surface area contributed by atoms with Gasteiger partial charge in [0, 0.05) is 43.2 Å². The lowest BCUT2D eigenvalue weighted by molar-refractivity contribution is 0.410. The molecule has 5 aromatic heterocycles. The fourth-order valence-electron chi connectivity index (χ4n) is 14.7. The second kappa shape index (κ2) is 40.6. The highest BCUT2D eigenvalue weighted by Crippen LogP contribution is 2.52. The smallest absolute Gasteiger partial charge is 0.110 e. The van der Waals surface area contributed by atoms with Crippen molar-refractivity contribution < 1.29 is 0 Å². The van der Waals surface area contributed by atoms with E-state index in [9.17, 15) is 0 Å². The van der Waals surface area contributed by atoms with Crippen LogP contribution in [-0.2, 0) is 25.7 Å². The van der Waals surface area contributed by atoms with Crippen LogP contribution < -0.4 is 0 Å². The fraction of sp³-hybridized carbons (Fsp3) is 0.563. The third-order valence-corrected chi connectivity index (χ3v) is 24.0. The van der Waals surface area contributed by atoms with Gasteiger partial charge in [-0.2, -0.15) is 0 Å². The molecule has 0 radical (unpaired) electrons. The van der Waals surface area contributed by atoms with E-state index in [0.29, 0.717) is 6.04 Å². The van der Waals surface area contributed by atoms with Gasteiger partial charge in [0.05, 0.1) is 31.5 Å². The van der Waals surface area contributed by atoms with Crippen LogP contribution in [0.3, 0.4) is 0 Å². The topological polar surface area (TPSA) is 30.7 Å². The molecule has 6 heteroatoms. The number of rotatable bonds is 48. The van der Waals surface area contributed by atoms with Gasteiger partial charge in [0.1, 0.15) is 11.0 Å². The normalized spacial score (nSPS) is 11.9. The number of benzene rings is 4. The molecule has 9 aromatic rings. The molecule has 0 fully saturated rings. The summed E-state index contributed by atoms with van der Waals surface area (Å²) in [6.45, 7) is 14.0. The molecule has 0 bridgehead atoms. The maximum absolute atomic E-state index is 6.10. The van der Waals surface area contributed by atoms with Gasteiger partial charge in [0.15, 0.2) is 0 Å². The highest BCUT2D eigenvalue weighted by molar-refractivity contribution is 7.28. The first-order chi connectivity index (χ1) is 46.0. The van der Waals surface area contributed by atoms with Gasteiger partial charge in [-0.25, -0.2) is 9.97 Å². The Balaban J connectivity index is 1.18. The van der Waals surface area contributed by atoms with E-state index in [1.165, 1.54) is 318 Å². The summed E-state index contributed by atoms with van der Waals surface area (Å²) in [5.41, 5.74) is 16.5. The molecule has 0 spiro atoms. The van der Waals surface area contributed by atoms with Crippen LogP contribution in [0.15, 0.2) is 109 Å². The van der Waals surface area contributed by atoms with Crippen LogP contribution in [0.4, 0.5) is 0 Å². The van der Waals surface area contributed by atoms with E-state index in [-0.39, 0.29) is 0 Å². The number of hydrogen-bond donors (Lipinski definition) is 0. The van der Waals surface area contributed by atoms with Crippen LogP contribution in [0.5, 0.6) is 0 Å². The Hall–Kier alpha value is -4.88. The number of thiophene rings is 3. The summed E-state index contributed by atoms with van der Waals surface area (Å²) >= 11 is 5.96. The summed E-state index contributed by atoms with van der Waals surface area (Å²) in [7, 11) is 0. The van der Waals surface area contributed by atoms with E-state index in [2.05, 4.69) is 155 Å². The van der Waals surface area contributed by atoms with Crippen molar-refractivity contribution in [3.63, 3.8) is 0 Å². The Morgan fingerprint density at radius 2 is 0.742 bits per heavy atom. The number of aryl methyl sites for hydroxylation is 4. The van der Waals surface area contributed by atoms with Crippen molar-refractivity contribution in [1.82, 2.24) is 14.5 Å². The molecule has 0 unspecified atom stereocenters. The highest BCUT2D eigenvalue weighted by atomic mass is 32.1. The van der Waals surface area contributed by atoms with E-state index < -0.39 is 0 Å². The lowest BCUT2D eigenvalue weighted by Crippen LogP contribution is -2.09. The minimum absolute atomic E-state index is 0.485. The van der Waals surface area contributed by atoms with Gasteiger partial charge in [-0.3, -0.25) is 0 Å². The minimum Gasteiger partial charge on any atom is -0.337 e. The van der Waals surface area contributed by atoms with Crippen molar-refractivity contribution >= 4 is 66.8 Å². The Kier molecular flexibility index (Phi) is 31.6. The largest absolute Gasteiger partial charge is 0.337 e. The van der Waals surface area contributed by atoms with E-state index in [1.54, 1.807) is 0 Å². The van der Waals surface area contributed by atoms with Gasteiger partial charge in [-0.15, -0.1) is 34.0 Å². The second-order valence-corrected chi connectivity index (χ2v) is 31.0. The molecule has 0 aliphatic heterocycles. The quantitative estimate of drug-likeness (QED) is 0.0356. The molecule has 0 aliphatic carbocycles. The van der Waals surface area contributed by atoms with Crippen LogP contribution >= 0.6 is 34.0 Å². The van der Waals surface area contributed by atoms with Crippen molar-refractivity contribution in [1.29, 1.82) is 0 Å². The summed E-state index contributed by atoms with van der Waals surface area (Å²) in [4.78, 5) is 18.9. The van der Waals surface area contributed by atoms with Gasteiger partial charge < -0.3 is 4.57 Å².